The van der Waals surface area contributed by atoms with Crippen LogP contribution in [-0.2, 0) is 19.6 Å². The summed E-state index contributed by atoms with van der Waals surface area (Å²) >= 11 is 0. The molecule has 1 amide bonds. The van der Waals surface area contributed by atoms with Crippen molar-refractivity contribution in [2.75, 3.05) is 17.6 Å². The summed E-state index contributed by atoms with van der Waals surface area (Å²) in [5.74, 6) is -1.77. The van der Waals surface area contributed by atoms with Gasteiger partial charge in [0, 0.05) is 0 Å². The Kier molecular flexibility index (Phi) is 6.51. The number of amides is 1. The molecule has 0 spiro atoms. The van der Waals surface area contributed by atoms with Gasteiger partial charge in [-0.1, -0.05) is 24.3 Å². The standard InChI is InChI=1S/C18H19FN2O5S/c1-12(13-7-9-14(19)10-8-13)20-17(22)11-26-18(23)15-5-3-4-6-16(15)21-27(2,24)25/h3-10,12,21H,11H2,1-2H3,(H,20,22)/t12-/m0/s1. The van der Waals surface area contributed by atoms with Gasteiger partial charge in [-0.15, -0.1) is 0 Å². The average Bonchev–Trinajstić information content (AvgIpc) is 2.59. The topological polar surface area (TPSA) is 102 Å². The van der Waals surface area contributed by atoms with Gasteiger partial charge < -0.3 is 10.1 Å². The summed E-state index contributed by atoms with van der Waals surface area (Å²) in [6.45, 7) is 1.16. The van der Waals surface area contributed by atoms with Crippen LogP contribution in [0.1, 0.15) is 28.9 Å². The molecule has 7 nitrogen and oxygen atoms in total. The van der Waals surface area contributed by atoms with Crippen LogP contribution in [0.2, 0.25) is 0 Å². The smallest absolute Gasteiger partial charge is 0.340 e. The lowest BCUT2D eigenvalue weighted by Gasteiger charge is -2.15. The van der Waals surface area contributed by atoms with Gasteiger partial charge in [-0.3, -0.25) is 9.52 Å². The first-order chi connectivity index (χ1) is 12.7. The zero-order valence-corrected chi connectivity index (χ0v) is 15.5. The minimum atomic E-state index is -3.58. The molecule has 0 saturated carbocycles. The summed E-state index contributed by atoms with van der Waals surface area (Å²) in [5, 5.41) is 2.63. The van der Waals surface area contributed by atoms with Crippen molar-refractivity contribution in [1.29, 1.82) is 0 Å². The molecule has 0 aliphatic rings. The molecule has 144 valence electrons. The Morgan fingerprint density at radius 2 is 1.74 bits per heavy atom. The number of benzene rings is 2. The van der Waals surface area contributed by atoms with Gasteiger partial charge in [-0.2, -0.15) is 0 Å². The van der Waals surface area contributed by atoms with E-state index in [0.29, 0.717) is 5.56 Å². The minimum absolute atomic E-state index is 0.0118. The third kappa shape index (κ3) is 6.37. The van der Waals surface area contributed by atoms with E-state index in [1.54, 1.807) is 31.2 Å². The van der Waals surface area contributed by atoms with Crippen LogP contribution in [0.25, 0.3) is 0 Å². The molecule has 2 rings (SSSR count). The molecule has 2 N–H and O–H groups in total. The van der Waals surface area contributed by atoms with Crippen LogP contribution in [0.15, 0.2) is 48.5 Å². The van der Waals surface area contributed by atoms with Crippen LogP contribution in [0.5, 0.6) is 0 Å². The van der Waals surface area contributed by atoms with E-state index in [1.807, 2.05) is 0 Å². The normalized spacial score (nSPS) is 12.1. The third-order valence-corrected chi connectivity index (χ3v) is 4.11. The molecule has 0 saturated heterocycles. The monoisotopic (exact) mass is 394 g/mol. The lowest BCUT2D eigenvalue weighted by molar-refractivity contribution is -0.124. The van der Waals surface area contributed by atoms with Gasteiger partial charge in [-0.05, 0) is 36.8 Å². The highest BCUT2D eigenvalue weighted by molar-refractivity contribution is 7.92. The number of ether oxygens (including phenoxy) is 1. The van der Waals surface area contributed by atoms with Crippen molar-refractivity contribution in [3.05, 3.63) is 65.5 Å². The molecule has 1 atom stereocenters. The van der Waals surface area contributed by atoms with Gasteiger partial charge in [0.1, 0.15) is 5.82 Å². The summed E-state index contributed by atoms with van der Waals surface area (Å²) in [4.78, 5) is 24.1. The number of carbonyl (C=O) groups is 2. The Morgan fingerprint density at radius 1 is 1.11 bits per heavy atom. The molecule has 0 unspecified atom stereocenters. The Balaban J connectivity index is 1.95. The summed E-state index contributed by atoms with van der Waals surface area (Å²) in [6.07, 6.45) is 0.958. The van der Waals surface area contributed by atoms with E-state index in [1.165, 1.54) is 24.3 Å². The predicted molar refractivity (Wildman–Crippen MR) is 98.1 cm³/mol. The minimum Gasteiger partial charge on any atom is -0.452 e. The van der Waals surface area contributed by atoms with Crippen molar-refractivity contribution >= 4 is 27.6 Å². The molecule has 9 heteroatoms. The van der Waals surface area contributed by atoms with Crippen LogP contribution in [-0.4, -0.2) is 33.2 Å². The molecule has 0 aliphatic carbocycles. The first-order valence-corrected chi connectivity index (χ1v) is 9.83. The second kappa shape index (κ2) is 8.63. The van der Waals surface area contributed by atoms with Gasteiger partial charge in [0.2, 0.25) is 10.0 Å². The SMILES string of the molecule is C[C@H](NC(=O)COC(=O)c1ccccc1NS(C)(=O)=O)c1ccc(F)cc1. The van der Waals surface area contributed by atoms with Gasteiger partial charge >= 0.3 is 5.97 Å². The van der Waals surface area contributed by atoms with E-state index < -0.39 is 34.5 Å². The molecule has 2 aromatic rings. The van der Waals surface area contributed by atoms with Crippen LogP contribution in [0.4, 0.5) is 10.1 Å². The molecule has 2 aromatic carbocycles. The second-order valence-electron chi connectivity index (χ2n) is 5.84. The Morgan fingerprint density at radius 3 is 2.37 bits per heavy atom. The largest absolute Gasteiger partial charge is 0.452 e. The predicted octanol–water partition coefficient (Wildman–Crippen LogP) is 2.23. The van der Waals surface area contributed by atoms with Crippen molar-refractivity contribution in [3.63, 3.8) is 0 Å². The number of hydrogen-bond acceptors (Lipinski definition) is 5. The molecular weight excluding hydrogens is 375 g/mol. The maximum Gasteiger partial charge on any atom is 0.340 e. The van der Waals surface area contributed by atoms with E-state index in [4.69, 9.17) is 4.74 Å². The molecule has 0 heterocycles. The van der Waals surface area contributed by atoms with Crippen LogP contribution < -0.4 is 10.0 Å². The summed E-state index contributed by atoms with van der Waals surface area (Å²) in [6, 6.07) is 11.1. The number of anilines is 1. The van der Waals surface area contributed by atoms with E-state index >= 15 is 0 Å². The summed E-state index contributed by atoms with van der Waals surface area (Å²) < 4.78 is 42.8. The van der Waals surface area contributed by atoms with Crippen molar-refractivity contribution in [2.24, 2.45) is 0 Å². The van der Waals surface area contributed by atoms with Gasteiger partial charge in [0.15, 0.2) is 6.61 Å². The summed E-state index contributed by atoms with van der Waals surface area (Å²) in [5.41, 5.74) is 0.742. The quantitative estimate of drug-likeness (QED) is 0.702. The lowest BCUT2D eigenvalue weighted by Crippen LogP contribution is -2.31. The fourth-order valence-corrected chi connectivity index (χ4v) is 2.85. The van der Waals surface area contributed by atoms with Crippen molar-refractivity contribution < 1.29 is 27.1 Å². The maximum atomic E-state index is 12.9. The van der Waals surface area contributed by atoms with Gasteiger partial charge in [0.05, 0.1) is 23.5 Å². The number of nitrogens with one attached hydrogen (secondary N) is 2. The van der Waals surface area contributed by atoms with E-state index in [9.17, 15) is 22.4 Å². The fraction of sp³-hybridized carbons (Fsp3) is 0.222. The molecule has 0 aliphatic heterocycles. The first kappa shape index (κ1) is 20.4. The Labute approximate surface area is 156 Å². The molecule has 0 aromatic heterocycles. The van der Waals surface area contributed by atoms with Crippen LogP contribution >= 0.6 is 0 Å². The maximum absolute atomic E-state index is 12.9. The lowest BCUT2D eigenvalue weighted by atomic mass is 10.1. The molecular formula is C18H19FN2O5S. The van der Waals surface area contributed by atoms with E-state index in [0.717, 1.165) is 6.26 Å². The number of esters is 1. The number of halogens is 1. The van der Waals surface area contributed by atoms with Crippen LogP contribution in [0.3, 0.4) is 0 Å². The van der Waals surface area contributed by atoms with Gasteiger partial charge in [0.25, 0.3) is 5.91 Å². The number of para-hydroxylation sites is 1. The molecule has 0 radical (unpaired) electrons. The summed E-state index contributed by atoms with van der Waals surface area (Å²) in [7, 11) is -3.58. The number of sulfonamides is 1. The highest BCUT2D eigenvalue weighted by Gasteiger charge is 2.17. The zero-order valence-electron chi connectivity index (χ0n) is 14.7. The second-order valence-corrected chi connectivity index (χ2v) is 7.59. The molecule has 0 bridgehead atoms. The highest BCUT2D eigenvalue weighted by atomic mass is 32.2. The number of rotatable bonds is 7. The fourth-order valence-electron chi connectivity index (χ4n) is 2.28. The van der Waals surface area contributed by atoms with E-state index in [2.05, 4.69) is 10.0 Å². The zero-order chi connectivity index (χ0) is 20.0. The first-order valence-electron chi connectivity index (χ1n) is 7.94. The third-order valence-electron chi connectivity index (χ3n) is 3.52. The van der Waals surface area contributed by atoms with Crippen molar-refractivity contribution in [1.82, 2.24) is 5.32 Å². The molecule has 0 fully saturated rings. The van der Waals surface area contributed by atoms with Gasteiger partial charge in [-0.25, -0.2) is 17.6 Å². The Hall–Kier alpha value is -2.94. The van der Waals surface area contributed by atoms with Crippen LogP contribution in [0, 0.1) is 5.82 Å². The average molecular weight is 394 g/mol. The molecule has 27 heavy (non-hydrogen) atoms. The number of carbonyl (C=O) groups excluding carboxylic acids is 2. The van der Waals surface area contributed by atoms with Crippen molar-refractivity contribution in [2.45, 2.75) is 13.0 Å². The Bertz CT molecular complexity index is 929. The highest BCUT2D eigenvalue weighted by Crippen LogP contribution is 2.17. The number of hydrogen-bond donors (Lipinski definition) is 2. The van der Waals surface area contributed by atoms with Crippen molar-refractivity contribution in [3.8, 4) is 0 Å². The van der Waals surface area contributed by atoms with E-state index in [-0.39, 0.29) is 17.1 Å².